The van der Waals surface area contributed by atoms with Crippen LogP contribution >= 0.6 is 0 Å². The molecule has 0 radical (unpaired) electrons. The molecule has 0 aliphatic carbocycles. The molecule has 49 heavy (non-hydrogen) atoms. The highest BCUT2D eigenvalue weighted by Crippen LogP contribution is 2.34. The van der Waals surface area contributed by atoms with Gasteiger partial charge in [0.2, 0.25) is 11.8 Å². The lowest BCUT2D eigenvalue weighted by atomic mass is 9.87. The minimum absolute atomic E-state index is 0.0396. The van der Waals surface area contributed by atoms with Crippen LogP contribution in [-0.2, 0) is 16.6 Å². The van der Waals surface area contributed by atoms with Crippen molar-refractivity contribution in [3.63, 3.8) is 0 Å². The summed E-state index contributed by atoms with van der Waals surface area (Å²) >= 11 is 0. The predicted molar refractivity (Wildman–Crippen MR) is 190 cm³/mol. The van der Waals surface area contributed by atoms with Crippen molar-refractivity contribution in [1.29, 1.82) is 0 Å². The van der Waals surface area contributed by atoms with Gasteiger partial charge in [-0.2, -0.15) is 4.98 Å². The number of amides is 1. The van der Waals surface area contributed by atoms with Gasteiger partial charge < -0.3 is 14.5 Å². The van der Waals surface area contributed by atoms with E-state index in [-0.39, 0.29) is 52.3 Å². The molecule has 1 N–H and O–H groups in total. The Bertz CT molecular complexity index is 1970. The number of sulfonamides is 1. The van der Waals surface area contributed by atoms with Crippen LogP contribution in [0.1, 0.15) is 81.2 Å². The number of nitrogens with zero attached hydrogens (tertiary/aromatic N) is 6. The van der Waals surface area contributed by atoms with E-state index in [0.717, 1.165) is 41.9 Å². The van der Waals surface area contributed by atoms with Crippen LogP contribution in [0, 0.1) is 19.3 Å². The highest BCUT2D eigenvalue weighted by molar-refractivity contribution is 7.92. The van der Waals surface area contributed by atoms with E-state index in [1.807, 2.05) is 38.1 Å². The summed E-state index contributed by atoms with van der Waals surface area (Å²) in [5.41, 5.74) is 3.33. The maximum absolute atomic E-state index is 14.5. The molecule has 258 valence electrons. The van der Waals surface area contributed by atoms with Crippen LogP contribution < -0.4 is 14.4 Å². The topological polar surface area (TPSA) is 131 Å². The molecule has 1 atom stereocenters. The van der Waals surface area contributed by atoms with Crippen molar-refractivity contribution in [3.8, 4) is 17.1 Å². The summed E-state index contributed by atoms with van der Waals surface area (Å²) in [6, 6.07) is 15.2. The molecule has 4 heterocycles. The molecule has 4 bridgehead atoms. The van der Waals surface area contributed by atoms with Crippen molar-refractivity contribution >= 4 is 27.7 Å². The zero-order valence-corrected chi connectivity index (χ0v) is 30.1. The Labute approximate surface area is 289 Å². The quantitative estimate of drug-likeness (QED) is 0.248. The minimum Gasteiger partial charge on any atom is -0.475 e. The highest BCUT2D eigenvalue weighted by Gasteiger charge is 2.35. The summed E-state index contributed by atoms with van der Waals surface area (Å²) in [7, 11) is -4.18. The van der Waals surface area contributed by atoms with Gasteiger partial charge in [-0.1, -0.05) is 45.0 Å². The molecule has 2 aliphatic heterocycles. The number of hydrogen-bond donors (Lipinski definition) is 1. The van der Waals surface area contributed by atoms with Gasteiger partial charge >= 0.3 is 0 Å². The molecule has 2 aromatic carbocycles. The number of anilines is 2. The molecule has 0 spiro atoms. The summed E-state index contributed by atoms with van der Waals surface area (Å²) in [6.45, 7) is 15.8. The Hall–Kier alpha value is -4.58. The number of hydrogen-bond acceptors (Lipinski definition) is 9. The fourth-order valence-corrected chi connectivity index (χ4v) is 7.84. The van der Waals surface area contributed by atoms with Crippen LogP contribution in [0.25, 0.3) is 11.3 Å². The molecule has 1 fully saturated rings. The highest BCUT2D eigenvalue weighted by atomic mass is 32.2. The van der Waals surface area contributed by atoms with Crippen LogP contribution in [0.5, 0.6) is 5.88 Å². The zero-order chi connectivity index (χ0) is 35.1. The lowest BCUT2D eigenvalue weighted by Crippen LogP contribution is -2.45. The number of nitrogens with one attached hydrogen (secondary N) is 1. The van der Waals surface area contributed by atoms with Gasteiger partial charge in [0.15, 0.2) is 0 Å². The number of carbonyl (C=O) groups is 1. The molecule has 11 nitrogen and oxygen atoms in total. The van der Waals surface area contributed by atoms with Gasteiger partial charge in [0.05, 0.1) is 23.2 Å². The molecule has 2 aromatic heterocycles. The Morgan fingerprint density at radius 1 is 1.00 bits per heavy atom. The van der Waals surface area contributed by atoms with Crippen molar-refractivity contribution in [1.82, 2.24) is 24.8 Å². The largest absolute Gasteiger partial charge is 0.475 e. The fourth-order valence-electron chi connectivity index (χ4n) is 6.85. The Morgan fingerprint density at radius 3 is 2.43 bits per heavy atom. The first-order valence-corrected chi connectivity index (χ1v) is 18.2. The monoisotopic (exact) mass is 683 g/mol. The first-order chi connectivity index (χ1) is 23.1. The van der Waals surface area contributed by atoms with E-state index >= 15 is 0 Å². The third-order valence-corrected chi connectivity index (χ3v) is 10.5. The Balaban J connectivity index is 1.47. The first kappa shape index (κ1) is 34.3. The minimum atomic E-state index is -4.18. The smallest absolute Gasteiger partial charge is 0.264 e. The maximum atomic E-state index is 14.5. The average molecular weight is 684 g/mol. The van der Waals surface area contributed by atoms with Crippen LogP contribution in [0.3, 0.4) is 0 Å². The second-order valence-corrected chi connectivity index (χ2v) is 16.6. The Kier molecular flexibility index (Phi) is 9.12. The number of rotatable bonds is 5. The first-order valence-electron chi connectivity index (χ1n) is 16.7. The van der Waals surface area contributed by atoms with Crippen molar-refractivity contribution in [3.05, 3.63) is 83.3 Å². The van der Waals surface area contributed by atoms with Crippen molar-refractivity contribution < 1.29 is 17.9 Å². The lowest BCUT2D eigenvalue weighted by Gasteiger charge is -2.36. The second kappa shape index (κ2) is 13.0. The van der Waals surface area contributed by atoms with E-state index in [1.54, 1.807) is 29.3 Å². The van der Waals surface area contributed by atoms with Crippen LogP contribution in [-0.4, -0.2) is 63.9 Å². The number of aromatic nitrogens is 4. The van der Waals surface area contributed by atoms with Gasteiger partial charge in [0.1, 0.15) is 18.2 Å². The molecule has 1 saturated heterocycles. The van der Waals surface area contributed by atoms with Crippen molar-refractivity contribution in [2.24, 2.45) is 5.41 Å². The van der Waals surface area contributed by atoms with E-state index in [1.165, 1.54) is 12.1 Å². The van der Waals surface area contributed by atoms with E-state index in [4.69, 9.17) is 9.72 Å². The van der Waals surface area contributed by atoms with Crippen LogP contribution in [0.15, 0.2) is 65.7 Å². The molecule has 2 aliphatic rings. The average Bonchev–Trinajstić information content (AvgIpc) is 3.39. The number of benzene rings is 2. The van der Waals surface area contributed by atoms with Crippen LogP contribution in [0.2, 0.25) is 0 Å². The molecule has 12 heteroatoms. The van der Waals surface area contributed by atoms with Crippen LogP contribution in [0.4, 0.5) is 11.8 Å². The third-order valence-electron chi connectivity index (χ3n) is 9.21. The molecule has 1 amide bonds. The van der Waals surface area contributed by atoms with Gasteiger partial charge in [-0.25, -0.2) is 28.1 Å². The van der Waals surface area contributed by atoms with Gasteiger partial charge in [-0.15, -0.1) is 0 Å². The number of aryl methyl sites for hydroxylation is 2. The maximum Gasteiger partial charge on any atom is 0.264 e. The van der Waals surface area contributed by atoms with Gasteiger partial charge in [0, 0.05) is 35.5 Å². The van der Waals surface area contributed by atoms with Gasteiger partial charge in [-0.05, 0) is 87.8 Å². The molecule has 6 rings (SSSR count). The normalized spacial score (nSPS) is 18.9. The van der Waals surface area contributed by atoms with Crippen molar-refractivity contribution in [2.45, 2.75) is 90.7 Å². The lowest BCUT2D eigenvalue weighted by molar-refractivity contribution is 0.0505. The van der Waals surface area contributed by atoms with Gasteiger partial charge in [-0.3, -0.25) is 4.79 Å². The molecular weight excluding hydrogens is 639 g/mol. The number of carbonyl (C=O) groups excluding carboxylic acids is 1. The molecular formula is C37H45N7O4S. The second-order valence-electron chi connectivity index (χ2n) is 14.9. The summed E-state index contributed by atoms with van der Waals surface area (Å²) < 4.78 is 36.4. The van der Waals surface area contributed by atoms with Crippen molar-refractivity contribution in [2.75, 3.05) is 22.8 Å². The molecule has 0 unspecified atom stereocenters. The van der Waals surface area contributed by atoms with E-state index in [2.05, 4.69) is 59.2 Å². The molecule has 0 saturated carbocycles. The standard InChI is InChI=1S/C37H45N7O4S/c1-24-11-8-12-25(2)33(24)29-20-32-41-35(39-29)42-49(46,47)28-14-9-13-26(19-28)34(45)43(27(23-48-32)21-36(3,4)5)22-30-38-17-15-31(40-30)44-18-10-16-37(44,6)7/h8-9,11-15,17,19-20,27H,10,16,18,21-23H2,1-7H3,(H,39,41,42)/t27-/m1/s1. The third kappa shape index (κ3) is 7.54. The predicted octanol–water partition coefficient (Wildman–Crippen LogP) is 6.57. The number of ether oxygens (including phenoxy) is 1. The summed E-state index contributed by atoms with van der Waals surface area (Å²) in [6.07, 6.45) is 4.45. The van der Waals surface area contributed by atoms with E-state index in [0.29, 0.717) is 17.9 Å². The zero-order valence-electron chi connectivity index (χ0n) is 29.3. The van der Waals surface area contributed by atoms with Gasteiger partial charge in [0.25, 0.3) is 15.9 Å². The number of fused-ring (bicyclic) bond motifs is 4. The summed E-state index contributed by atoms with van der Waals surface area (Å²) in [5, 5.41) is 0. The van der Waals surface area contributed by atoms with E-state index < -0.39 is 16.1 Å². The van der Waals surface area contributed by atoms with E-state index in [9.17, 15) is 13.2 Å². The summed E-state index contributed by atoms with van der Waals surface area (Å²) in [5.74, 6) is 1.03. The Morgan fingerprint density at radius 2 is 1.73 bits per heavy atom. The summed E-state index contributed by atoms with van der Waals surface area (Å²) in [4.78, 5) is 37.1. The fraction of sp³-hybridized carbons (Fsp3) is 0.432. The molecule has 4 aromatic rings. The SMILES string of the molecule is Cc1cccc(C)c1-c1cc2nc(n1)NS(=O)(=O)c1cccc(c1)C(=O)N(Cc1nccc(N3CCCC3(C)C)n1)[C@H](CC(C)(C)C)CO2.